The van der Waals surface area contributed by atoms with Gasteiger partial charge in [-0.1, -0.05) is 38.8 Å². The number of hydrogen-bond acceptors (Lipinski definition) is 2. The third-order valence-electron chi connectivity index (χ3n) is 4.48. The molecule has 0 aliphatic heterocycles. The number of nitrogens with one attached hydrogen (secondary N) is 1. The molecule has 0 amide bonds. The Morgan fingerprint density at radius 1 is 1.22 bits per heavy atom. The molecule has 0 aromatic rings. The van der Waals surface area contributed by atoms with E-state index in [-0.39, 0.29) is 5.60 Å². The predicted octanol–water partition coefficient (Wildman–Crippen LogP) is 4.06. The third-order valence-corrected chi connectivity index (χ3v) is 4.48. The molecule has 1 rings (SSSR count). The van der Waals surface area contributed by atoms with Crippen molar-refractivity contribution < 1.29 is 4.74 Å². The van der Waals surface area contributed by atoms with Gasteiger partial charge in [0, 0.05) is 7.11 Å². The summed E-state index contributed by atoms with van der Waals surface area (Å²) < 4.78 is 5.94. The molecule has 0 aromatic heterocycles. The van der Waals surface area contributed by atoms with Crippen LogP contribution >= 0.6 is 0 Å². The van der Waals surface area contributed by atoms with E-state index in [9.17, 15) is 0 Å². The van der Waals surface area contributed by atoms with Gasteiger partial charge in [-0.25, -0.2) is 0 Å². The standard InChI is InChI=1S/C16H31NO/c1-5-16(6-2,18-4)15(17-7-3)14-12-10-8-9-11-13-14/h12,15,17H,5-11,13H2,1-4H3. The minimum absolute atomic E-state index is 0.0355. The molecule has 0 radical (unpaired) electrons. The average molecular weight is 253 g/mol. The second-order valence-electron chi connectivity index (χ2n) is 5.35. The van der Waals surface area contributed by atoms with Gasteiger partial charge >= 0.3 is 0 Å². The molecule has 1 aliphatic rings. The largest absolute Gasteiger partial charge is 0.376 e. The van der Waals surface area contributed by atoms with Crippen LogP contribution in [-0.2, 0) is 4.74 Å². The lowest BCUT2D eigenvalue weighted by Gasteiger charge is -2.40. The van der Waals surface area contributed by atoms with Crippen molar-refractivity contribution in [3.8, 4) is 0 Å². The van der Waals surface area contributed by atoms with Gasteiger partial charge in [-0.3, -0.25) is 0 Å². The van der Waals surface area contributed by atoms with Crippen molar-refractivity contribution in [1.29, 1.82) is 0 Å². The third kappa shape index (κ3) is 3.58. The highest BCUT2D eigenvalue weighted by Crippen LogP contribution is 2.32. The molecule has 2 heteroatoms. The molecule has 0 saturated heterocycles. The first kappa shape index (κ1) is 15.7. The van der Waals surface area contributed by atoms with Crippen molar-refractivity contribution in [3.05, 3.63) is 11.6 Å². The molecule has 0 saturated carbocycles. The quantitative estimate of drug-likeness (QED) is 0.691. The molecule has 2 nitrogen and oxygen atoms in total. The summed E-state index contributed by atoms with van der Waals surface area (Å²) >= 11 is 0. The molecule has 1 aliphatic carbocycles. The van der Waals surface area contributed by atoms with Crippen LogP contribution in [0.25, 0.3) is 0 Å². The zero-order valence-corrected chi connectivity index (χ0v) is 12.7. The second-order valence-corrected chi connectivity index (χ2v) is 5.35. The topological polar surface area (TPSA) is 21.3 Å². The van der Waals surface area contributed by atoms with Gasteiger partial charge in [-0.2, -0.15) is 0 Å². The Labute approximate surface area is 113 Å². The van der Waals surface area contributed by atoms with E-state index < -0.39 is 0 Å². The molecule has 1 unspecified atom stereocenters. The molecule has 0 bridgehead atoms. The summed E-state index contributed by atoms with van der Waals surface area (Å²) in [5, 5.41) is 3.68. The Hall–Kier alpha value is -0.340. The molecular formula is C16H31NO. The molecule has 0 heterocycles. The molecule has 1 atom stereocenters. The van der Waals surface area contributed by atoms with Crippen molar-refractivity contribution >= 4 is 0 Å². The second kappa shape index (κ2) is 7.96. The van der Waals surface area contributed by atoms with Crippen LogP contribution in [0, 0.1) is 0 Å². The highest BCUT2D eigenvalue weighted by Gasteiger charge is 2.37. The van der Waals surface area contributed by atoms with E-state index >= 15 is 0 Å². The van der Waals surface area contributed by atoms with Crippen molar-refractivity contribution in [2.45, 2.75) is 77.4 Å². The Morgan fingerprint density at radius 3 is 2.50 bits per heavy atom. The van der Waals surface area contributed by atoms with Gasteiger partial charge < -0.3 is 10.1 Å². The van der Waals surface area contributed by atoms with Crippen LogP contribution < -0.4 is 5.32 Å². The van der Waals surface area contributed by atoms with Crippen molar-refractivity contribution in [1.82, 2.24) is 5.32 Å². The minimum atomic E-state index is -0.0355. The number of ether oxygens (including phenoxy) is 1. The zero-order valence-electron chi connectivity index (χ0n) is 12.7. The summed E-state index contributed by atoms with van der Waals surface area (Å²) in [4.78, 5) is 0. The van der Waals surface area contributed by atoms with Crippen LogP contribution in [-0.4, -0.2) is 25.3 Å². The van der Waals surface area contributed by atoms with Crippen LogP contribution in [0.3, 0.4) is 0 Å². The smallest absolute Gasteiger partial charge is 0.0864 e. The Bertz CT molecular complexity index is 248. The maximum atomic E-state index is 5.94. The van der Waals surface area contributed by atoms with Crippen molar-refractivity contribution in [2.75, 3.05) is 13.7 Å². The van der Waals surface area contributed by atoms with E-state index in [1.165, 1.54) is 32.1 Å². The van der Waals surface area contributed by atoms with Crippen LogP contribution in [0.2, 0.25) is 0 Å². The molecule has 0 fully saturated rings. The van der Waals surface area contributed by atoms with E-state index in [2.05, 4.69) is 32.2 Å². The first-order valence-electron chi connectivity index (χ1n) is 7.71. The van der Waals surface area contributed by atoms with Gasteiger partial charge in [0.05, 0.1) is 11.6 Å². The highest BCUT2D eigenvalue weighted by atomic mass is 16.5. The number of hydrogen-bond donors (Lipinski definition) is 1. The number of allylic oxidation sites excluding steroid dienone is 1. The fraction of sp³-hybridized carbons (Fsp3) is 0.875. The van der Waals surface area contributed by atoms with Gasteiger partial charge in [-0.15, -0.1) is 0 Å². The normalized spacial score (nSPS) is 19.2. The van der Waals surface area contributed by atoms with Crippen LogP contribution in [0.1, 0.15) is 65.7 Å². The first-order chi connectivity index (χ1) is 8.74. The summed E-state index contributed by atoms with van der Waals surface area (Å²) in [6.07, 6.45) is 11.1. The molecule has 18 heavy (non-hydrogen) atoms. The van der Waals surface area contributed by atoms with Crippen LogP contribution in [0.15, 0.2) is 11.6 Å². The molecule has 0 spiro atoms. The molecule has 0 aromatic carbocycles. The number of rotatable bonds is 7. The van der Waals surface area contributed by atoms with Gasteiger partial charge in [0.1, 0.15) is 0 Å². The first-order valence-corrected chi connectivity index (χ1v) is 7.71. The molecular weight excluding hydrogens is 222 g/mol. The van der Waals surface area contributed by atoms with Crippen molar-refractivity contribution in [3.63, 3.8) is 0 Å². The summed E-state index contributed by atoms with van der Waals surface area (Å²) in [7, 11) is 1.87. The SMILES string of the molecule is CCNC(C1=CCCCCC1)C(CC)(CC)OC. The lowest BCUT2D eigenvalue weighted by Crippen LogP contribution is -2.52. The van der Waals surface area contributed by atoms with E-state index in [1.807, 2.05) is 7.11 Å². The maximum Gasteiger partial charge on any atom is 0.0864 e. The summed E-state index contributed by atoms with van der Waals surface area (Å²) in [6, 6.07) is 0.389. The van der Waals surface area contributed by atoms with Gasteiger partial charge in [0.2, 0.25) is 0 Å². The van der Waals surface area contributed by atoms with Gasteiger partial charge in [0.15, 0.2) is 0 Å². The lowest BCUT2D eigenvalue weighted by molar-refractivity contribution is -0.0383. The summed E-state index contributed by atoms with van der Waals surface area (Å²) in [5.74, 6) is 0. The van der Waals surface area contributed by atoms with E-state index in [4.69, 9.17) is 4.74 Å². The Kier molecular flexibility index (Phi) is 6.95. The van der Waals surface area contributed by atoms with E-state index in [1.54, 1.807) is 5.57 Å². The number of methoxy groups -OCH3 is 1. The zero-order chi connectivity index (χ0) is 13.4. The maximum absolute atomic E-state index is 5.94. The van der Waals surface area contributed by atoms with E-state index in [0.29, 0.717) is 6.04 Å². The fourth-order valence-electron chi connectivity index (χ4n) is 3.23. The van der Waals surface area contributed by atoms with Crippen LogP contribution in [0.5, 0.6) is 0 Å². The molecule has 1 N–H and O–H groups in total. The van der Waals surface area contributed by atoms with Crippen LogP contribution in [0.4, 0.5) is 0 Å². The fourth-order valence-corrected chi connectivity index (χ4v) is 3.23. The minimum Gasteiger partial charge on any atom is -0.376 e. The Balaban J connectivity index is 2.94. The monoisotopic (exact) mass is 253 g/mol. The molecule has 106 valence electrons. The van der Waals surface area contributed by atoms with Gasteiger partial charge in [0.25, 0.3) is 0 Å². The van der Waals surface area contributed by atoms with E-state index in [0.717, 1.165) is 19.4 Å². The Morgan fingerprint density at radius 2 is 1.94 bits per heavy atom. The summed E-state index contributed by atoms with van der Waals surface area (Å²) in [6.45, 7) is 7.69. The predicted molar refractivity (Wildman–Crippen MR) is 79.0 cm³/mol. The average Bonchev–Trinajstić information content (AvgIpc) is 2.69. The number of likely N-dealkylation sites (N-methyl/N-ethyl adjacent to an activating group) is 1. The summed E-state index contributed by atoms with van der Waals surface area (Å²) in [5.41, 5.74) is 1.55. The van der Waals surface area contributed by atoms with Gasteiger partial charge in [-0.05, 0) is 45.1 Å². The lowest BCUT2D eigenvalue weighted by atomic mass is 9.82. The van der Waals surface area contributed by atoms with Crippen molar-refractivity contribution in [2.24, 2.45) is 0 Å². The highest BCUT2D eigenvalue weighted by molar-refractivity contribution is 5.18.